The summed E-state index contributed by atoms with van der Waals surface area (Å²) < 4.78 is 1.00. The Balaban J connectivity index is 2.21. The first-order chi connectivity index (χ1) is 8.81. The molecule has 2 rings (SSSR count). The molecule has 1 unspecified atom stereocenters. The van der Waals surface area contributed by atoms with Gasteiger partial charge in [-0.3, -0.25) is 4.79 Å². The van der Waals surface area contributed by atoms with Crippen molar-refractivity contribution in [3.63, 3.8) is 0 Å². The van der Waals surface area contributed by atoms with Gasteiger partial charge in [0.15, 0.2) is 0 Å². The summed E-state index contributed by atoms with van der Waals surface area (Å²) in [6.45, 7) is 7.71. The van der Waals surface area contributed by atoms with Crippen molar-refractivity contribution in [3.05, 3.63) is 33.8 Å². The smallest absolute Gasteiger partial charge is 0.254 e. The molecule has 0 aliphatic carbocycles. The molecular weight excluding hydrogens is 304 g/mol. The highest BCUT2D eigenvalue weighted by atomic mass is 79.9. The number of carbonyl (C=O) groups excluding carboxylic acids is 1. The topological polar surface area (TPSA) is 46.3 Å². The van der Waals surface area contributed by atoms with Crippen LogP contribution in [0.25, 0.3) is 0 Å². The average molecular weight is 325 g/mol. The van der Waals surface area contributed by atoms with Crippen molar-refractivity contribution in [1.82, 2.24) is 4.90 Å². The predicted octanol–water partition coefficient (Wildman–Crippen LogP) is 2.96. The first-order valence-corrected chi connectivity index (χ1v) is 7.41. The molecule has 1 atom stereocenters. The molecule has 0 aromatic heterocycles. The summed E-state index contributed by atoms with van der Waals surface area (Å²) in [6.07, 6.45) is 0.869. The molecule has 0 bridgehead atoms. The normalized spacial score (nSPS) is 22.4. The number of likely N-dealkylation sites (tertiary alicyclic amines) is 1. The largest absolute Gasteiger partial charge is 0.338 e. The van der Waals surface area contributed by atoms with Crippen LogP contribution in [0, 0.1) is 12.3 Å². The maximum absolute atomic E-state index is 12.6. The zero-order valence-corrected chi connectivity index (χ0v) is 13.3. The highest BCUT2D eigenvalue weighted by Crippen LogP contribution is 2.29. The van der Waals surface area contributed by atoms with Crippen molar-refractivity contribution >= 4 is 21.8 Å². The van der Waals surface area contributed by atoms with E-state index in [2.05, 4.69) is 29.8 Å². The van der Waals surface area contributed by atoms with Gasteiger partial charge in [-0.1, -0.05) is 29.8 Å². The van der Waals surface area contributed by atoms with Gasteiger partial charge in [-0.2, -0.15) is 0 Å². The molecule has 1 aliphatic heterocycles. The molecule has 104 valence electrons. The van der Waals surface area contributed by atoms with Gasteiger partial charge in [0.25, 0.3) is 5.91 Å². The fourth-order valence-corrected chi connectivity index (χ4v) is 3.06. The van der Waals surface area contributed by atoms with Gasteiger partial charge >= 0.3 is 0 Å². The molecule has 2 N–H and O–H groups in total. The molecule has 4 heteroatoms. The number of nitrogens with zero attached hydrogens (tertiary/aromatic N) is 1. The highest BCUT2D eigenvalue weighted by Gasteiger charge is 2.35. The second kappa shape index (κ2) is 5.25. The maximum atomic E-state index is 12.6. The minimum atomic E-state index is -0.0167. The lowest BCUT2D eigenvalue weighted by molar-refractivity contribution is 0.0532. The van der Waals surface area contributed by atoms with E-state index < -0.39 is 0 Å². The molecule has 0 radical (unpaired) electrons. The number of hydrogen-bond acceptors (Lipinski definition) is 2. The van der Waals surface area contributed by atoms with E-state index in [4.69, 9.17) is 5.73 Å². The van der Waals surface area contributed by atoms with Gasteiger partial charge in [0.1, 0.15) is 0 Å². The van der Waals surface area contributed by atoms with Gasteiger partial charge in [-0.25, -0.2) is 0 Å². The molecule has 19 heavy (non-hydrogen) atoms. The number of aryl methyl sites for hydroxylation is 1. The standard InChI is InChI=1S/C15H21BrN2O/c1-10-8-11(16)4-5-12(10)14(19)18-7-6-13(17)15(2,3)9-18/h4-5,8,13H,6-7,9,17H2,1-3H3. The number of carbonyl (C=O) groups is 1. The van der Waals surface area contributed by atoms with Crippen molar-refractivity contribution < 1.29 is 4.79 Å². The van der Waals surface area contributed by atoms with Crippen molar-refractivity contribution in [1.29, 1.82) is 0 Å². The van der Waals surface area contributed by atoms with Crippen molar-refractivity contribution in [2.24, 2.45) is 11.1 Å². The Labute approximate surface area is 123 Å². The molecule has 1 saturated heterocycles. The molecule has 3 nitrogen and oxygen atoms in total. The second-order valence-electron chi connectivity index (χ2n) is 6.07. The number of benzene rings is 1. The first kappa shape index (κ1) is 14.5. The van der Waals surface area contributed by atoms with Crippen LogP contribution >= 0.6 is 15.9 Å². The van der Waals surface area contributed by atoms with E-state index in [0.717, 1.165) is 35.1 Å². The minimum absolute atomic E-state index is 0.0167. The van der Waals surface area contributed by atoms with Crippen LogP contribution in [0.3, 0.4) is 0 Å². The van der Waals surface area contributed by atoms with Crippen LogP contribution in [0.5, 0.6) is 0 Å². The van der Waals surface area contributed by atoms with E-state index in [-0.39, 0.29) is 17.4 Å². The summed E-state index contributed by atoms with van der Waals surface area (Å²) in [5.74, 6) is 0.116. The number of hydrogen-bond donors (Lipinski definition) is 1. The monoisotopic (exact) mass is 324 g/mol. The third-order valence-corrected chi connectivity index (χ3v) is 4.51. The summed E-state index contributed by atoms with van der Waals surface area (Å²) in [5, 5.41) is 0. The van der Waals surface area contributed by atoms with Crippen LogP contribution in [0.2, 0.25) is 0 Å². The van der Waals surface area contributed by atoms with Gasteiger partial charge in [0.05, 0.1) is 0 Å². The number of piperidine rings is 1. The van der Waals surface area contributed by atoms with E-state index in [9.17, 15) is 4.79 Å². The molecule has 1 aliphatic rings. The van der Waals surface area contributed by atoms with Gasteiger partial charge in [-0.15, -0.1) is 0 Å². The fraction of sp³-hybridized carbons (Fsp3) is 0.533. The van der Waals surface area contributed by atoms with Crippen LogP contribution in [0.15, 0.2) is 22.7 Å². The zero-order chi connectivity index (χ0) is 14.2. The lowest BCUT2D eigenvalue weighted by Crippen LogP contribution is -2.54. The van der Waals surface area contributed by atoms with Crippen LogP contribution in [-0.4, -0.2) is 29.9 Å². The Morgan fingerprint density at radius 1 is 1.47 bits per heavy atom. The van der Waals surface area contributed by atoms with E-state index >= 15 is 0 Å². The van der Waals surface area contributed by atoms with E-state index in [1.807, 2.05) is 30.0 Å². The quantitative estimate of drug-likeness (QED) is 0.863. The molecule has 1 aromatic carbocycles. The number of nitrogens with two attached hydrogens (primary N) is 1. The summed E-state index contributed by atoms with van der Waals surface area (Å²) >= 11 is 3.43. The Morgan fingerprint density at radius 3 is 2.74 bits per heavy atom. The second-order valence-corrected chi connectivity index (χ2v) is 6.99. The highest BCUT2D eigenvalue weighted by molar-refractivity contribution is 9.10. The van der Waals surface area contributed by atoms with Crippen molar-refractivity contribution in [3.8, 4) is 0 Å². The van der Waals surface area contributed by atoms with Gasteiger partial charge in [0.2, 0.25) is 0 Å². The van der Waals surface area contributed by atoms with Crippen LogP contribution in [0.4, 0.5) is 0 Å². The summed E-state index contributed by atoms with van der Waals surface area (Å²) in [4.78, 5) is 14.5. The third-order valence-electron chi connectivity index (χ3n) is 4.02. The van der Waals surface area contributed by atoms with Crippen molar-refractivity contribution in [2.75, 3.05) is 13.1 Å². The Hall–Kier alpha value is -0.870. The fourth-order valence-electron chi connectivity index (χ4n) is 2.58. The molecular formula is C15H21BrN2O. The van der Waals surface area contributed by atoms with Gasteiger partial charge in [0, 0.05) is 29.2 Å². The van der Waals surface area contributed by atoms with Gasteiger partial charge < -0.3 is 10.6 Å². The molecule has 1 fully saturated rings. The van der Waals surface area contributed by atoms with Crippen LogP contribution in [-0.2, 0) is 0 Å². The van der Waals surface area contributed by atoms with Crippen LogP contribution in [0.1, 0.15) is 36.2 Å². The molecule has 0 spiro atoms. The van der Waals surface area contributed by atoms with Crippen LogP contribution < -0.4 is 5.73 Å². The Morgan fingerprint density at radius 2 is 2.16 bits per heavy atom. The minimum Gasteiger partial charge on any atom is -0.338 e. The lowest BCUT2D eigenvalue weighted by Gasteiger charge is -2.42. The number of amides is 1. The van der Waals surface area contributed by atoms with E-state index in [1.165, 1.54) is 0 Å². The Kier molecular flexibility index (Phi) is 4.02. The summed E-state index contributed by atoms with van der Waals surface area (Å²) in [6, 6.07) is 5.96. The summed E-state index contributed by atoms with van der Waals surface area (Å²) in [7, 11) is 0. The number of halogens is 1. The predicted molar refractivity (Wildman–Crippen MR) is 81.2 cm³/mol. The lowest BCUT2D eigenvalue weighted by atomic mass is 9.79. The molecule has 1 heterocycles. The van der Waals surface area contributed by atoms with Gasteiger partial charge in [-0.05, 0) is 42.5 Å². The average Bonchev–Trinajstić information content (AvgIpc) is 2.32. The number of rotatable bonds is 1. The molecule has 0 saturated carbocycles. The maximum Gasteiger partial charge on any atom is 0.254 e. The first-order valence-electron chi connectivity index (χ1n) is 6.62. The third kappa shape index (κ3) is 3.00. The van der Waals surface area contributed by atoms with E-state index in [0.29, 0.717) is 0 Å². The Bertz CT molecular complexity index is 499. The van der Waals surface area contributed by atoms with E-state index in [1.54, 1.807) is 0 Å². The SMILES string of the molecule is Cc1cc(Br)ccc1C(=O)N1CCC(N)C(C)(C)C1. The van der Waals surface area contributed by atoms with Crippen molar-refractivity contribution in [2.45, 2.75) is 33.2 Å². The molecule has 1 aromatic rings. The summed E-state index contributed by atoms with van der Waals surface area (Å²) in [5.41, 5.74) is 7.90. The molecule has 1 amide bonds. The zero-order valence-electron chi connectivity index (χ0n) is 11.7.